The maximum atomic E-state index is 11.0. The predicted molar refractivity (Wildman–Crippen MR) is 76.6 cm³/mol. The van der Waals surface area contributed by atoms with E-state index in [4.69, 9.17) is 15.6 Å². The van der Waals surface area contributed by atoms with Crippen LogP contribution in [0.4, 0.5) is 0 Å². The summed E-state index contributed by atoms with van der Waals surface area (Å²) in [5.74, 6) is -0.873. The fraction of sp³-hybridized carbons (Fsp3) is 0.188. The van der Waals surface area contributed by atoms with Crippen molar-refractivity contribution in [1.82, 2.24) is 0 Å². The molecule has 0 spiro atoms. The molecule has 4 nitrogen and oxygen atoms in total. The van der Waals surface area contributed by atoms with Gasteiger partial charge in [-0.3, -0.25) is 4.79 Å². The highest BCUT2D eigenvalue weighted by atomic mass is 16.5. The van der Waals surface area contributed by atoms with Gasteiger partial charge in [0.15, 0.2) is 0 Å². The number of carbonyl (C=O) groups is 1. The van der Waals surface area contributed by atoms with Gasteiger partial charge in [0.25, 0.3) is 0 Å². The molecule has 1 unspecified atom stereocenters. The van der Waals surface area contributed by atoms with Crippen LogP contribution < -0.4 is 10.5 Å². The average molecular weight is 271 g/mol. The van der Waals surface area contributed by atoms with Crippen LogP contribution in [0.5, 0.6) is 5.75 Å². The van der Waals surface area contributed by atoms with Crippen LogP contribution in [0, 0.1) is 0 Å². The highest BCUT2D eigenvalue weighted by molar-refractivity contribution is 5.76. The SMILES string of the molecule is NCC(C(=O)O)c1ccc(OCc2ccccc2)cc1. The first-order valence-corrected chi connectivity index (χ1v) is 6.40. The van der Waals surface area contributed by atoms with E-state index in [-0.39, 0.29) is 6.54 Å². The fourth-order valence-corrected chi connectivity index (χ4v) is 1.92. The largest absolute Gasteiger partial charge is 0.489 e. The monoisotopic (exact) mass is 271 g/mol. The van der Waals surface area contributed by atoms with Crippen molar-refractivity contribution in [2.75, 3.05) is 6.54 Å². The summed E-state index contributed by atoms with van der Waals surface area (Å²) in [6.45, 7) is 0.568. The molecule has 0 aliphatic carbocycles. The van der Waals surface area contributed by atoms with Crippen molar-refractivity contribution in [3.8, 4) is 5.75 Å². The summed E-state index contributed by atoms with van der Waals surface area (Å²) >= 11 is 0. The molecule has 4 heteroatoms. The molecule has 0 fully saturated rings. The Morgan fingerprint density at radius 1 is 1.10 bits per heavy atom. The number of benzene rings is 2. The second-order valence-corrected chi connectivity index (χ2v) is 4.47. The lowest BCUT2D eigenvalue weighted by Gasteiger charge is -2.11. The van der Waals surface area contributed by atoms with Crippen molar-refractivity contribution >= 4 is 5.97 Å². The van der Waals surface area contributed by atoms with Gasteiger partial charge >= 0.3 is 5.97 Å². The Balaban J connectivity index is 2.00. The summed E-state index contributed by atoms with van der Waals surface area (Å²) in [7, 11) is 0. The molecule has 1 atom stereocenters. The number of aliphatic carboxylic acids is 1. The zero-order chi connectivity index (χ0) is 14.4. The van der Waals surface area contributed by atoms with Crippen molar-refractivity contribution in [2.45, 2.75) is 12.5 Å². The van der Waals surface area contributed by atoms with Gasteiger partial charge < -0.3 is 15.6 Å². The van der Waals surface area contributed by atoms with E-state index in [1.54, 1.807) is 24.3 Å². The number of nitrogens with two attached hydrogens (primary N) is 1. The molecule has 20 heavy (non-hydrogen) atoms. The highest BCUT2D eigenvalue weighted by Gasteiger charge is 2.17. The molecule has 104 valence electrons. The smallest absolute Gasteiger partial charge is 0.312 e. The number of ether oxygens (including phenoxy) is 1. The summed E-state index contributed by atoms with van der Waals surface area (Å²) < 4.78 is 5.64. The van der Waals surface area contributed by atoms with Crippen molar-refractivity contribution < 1.29 is 14.6 Å². The standard InChI is InChI=1S/C16H17NO3/c17-10-15(16(18)19)13-6-8-14(9-7-13)20-11-12-4-2-1-3-5-12/h1-9,15H,10-11,17H2,(H,18,19). The summed E-state index contributed by atoms with van der Waals surface area (Å²) in [5, 5.41) is 9.04. The molecule has 2 aromatic carbocycles. The molecule has 3 N–H and O–H groups in total. The third kappa shape index (κ3) is 3.59. The van der Waals surface area contributed by atoms with E-state index in [0.29, 0.717) is 17.9 Å². The second kappa shape index (κ2) is 6.73. The van der Waals surface area contributed by atoms with Crippen molar-refractivity contribution in [1.29, 1.82) is 0 Å². The quantitative estimate of drug-likeness (QED) is 0.846. The maximum Gasteiger partial charge on any atom is 0.312 e. The van der Waals surface area contributed by atoms with E-state index in [1.165, 1.54) is 0 Å². The van der Waals surface area contributed by atoms with E-state index in [2.05, 4.69) is 0 Å². The van der Waals surface area contributed by atoms with Gasteiger partial charge in [-0.2, -0.15) is 0 Å². The molecule has 2 aromatic rings. The Morgan fingerprint density at radius 2 is 1.75 bits per heavy atom. The van der Waals surface area contributed by atoms with Gasteiger partial charge in [-0.25, -0.2) is 0 Å². The third-order valence-corrected chi connectivity index (χ3v) is 3.06. The molecule has 0 bridgehead atoms. The predicted octanol–water partition coefficient (Wildman–Crippen LogP) is 2.39. The highest BCUT2D eigenvalue weighted by Crippen LogP contribution is 2.20. The Bertz CT molecular complexity index is 552. The van der Waals surface area contributed by atoms with Crippen LogP contribution in [-0.2, 0) is 11.4 Å². The van der Waals surface area contributed by atoms with Gasteiger partial charge in [0.05, 0.1) is 5.92 Å². The number of carboxylic acid groups (broad SMARTS) is 1. The molecule has 0 aromatic heterocycles. The molecular formula is C16H17NO3. The van der Waals surface area contributed by atoms with Crippen molar-refractivity contribution in [2.24, 2.45) is 5.73 Å². The fourth-order valence-electron chi connectivity index (χ4n) is 1.92. The molecule has 2 rings (SSSR count). The molecule has 0 heterocycles. The Kier molecular flexibility index (Phi) is 4.74. The van der Waals surface area contributed by atoms with Gasteiger partial charge in [0.1, 0.15) is 12.4 Å². The second-order valence-electron chi connectivity index (χ2n) is 4.47. The van der Waals surface area contributed by atoms with E-state index in [9.17, 15) is 4.79 Å². The minimum atomic E-state index is -0.912. The topological polar surface area (TPSA) is 72.6 Å². The van der Waals surface area contributed by atoms with Gasteiger partial charge in [0.2, 0.25) is 0 Å². The van der Waals surface area contributed by atoms with Crippen LogP contribution in [-0.4, -0.2) is 17.6 Å². The van der Waals surface area contributed by atoms with Crippen LogP contribution in [0.15, 0.2) is 54.6 Å². The van der Waals surface area contributed by atoms with E-state index < -0.39 is 11.9 Å². The number of rotatable bonds is 6. The van der Waals surface area contributed by atoms with Crippen LogP contribution in [0.2, 0.25) is 0 Å². The average Bonchev–Trinajstić information content (AvgIpc) is 2.48. The zero-order valence-corrected chi connectivity index (χ0v) is 11.0. The third-order valence-electron chi connectivity index (χ3n) is 3.06. The van der Waals surface area contributed by atoms with Crippen LogP contribution in [0.1, 0.15) is 17.0 Å². The summed E-state index contributed by atoms with van der Waals surface area (Å²) in [6.07, 6.45) is 0. The summed E-state index contributed by atoms with van der Waals surface area (Å²) in [4.78, 5) is 11.0. The number of hydrogen-bond donors (Lipinski definition) is 2. The van der Waals surface area contributed by atoms with Crippen LogP contribution in [0.3, 0.4) is 0 Å². The van der Waals surface area contributed by atoms with Gasteiger partial charge in [-0.05, 0) is 23.3 Å². The molecule has 0 saturated carbocycles. The lowest BCUT2D eigenvalue weighted by molar-refractivity contribution is -0.138. The molecule has 0 aliphatic rings. The minimum Gasteiger partial charge on any atom is -0.489 e. The first-order valence-electron chi connectivity index (χ1n) is 6.40. The first-order chi connectivity index (χ1) is 9.70. The van der Waals surface area contributed by atoms with Crippen molar-refractivity contribution in [3.05, 3.63) is 65.7 Å². The zero-order valence-electron chi connectivity index (χ0n) is 11.0. The number of hydrogen-bond acceptors (Lipinski definition) is 3. The van der Waals surface area contributed by atoms with E-state index >= 15 is 0 Å². The number of carboxylic acids is 1. The lowest BCUT2D eigenvalue weighted by Crippen LogP contribution is -2.20. The van der Waals surface area contributed by atoms with Crippen LogP contribution in [0.25, 0.3) is 0 Å². The molecule has 0 saturated heterocycles. The molecular weight excluding hydrogens is 254 g/mol. The molecule has 0 aliphatic heterocycles. The minimum absolute atomic E-state index is 0.0829. The van der Waals surface area contributed by atoms with Crippen molar-refractivity contribution in [3.63, 3.8) is 0 Å². The molecule has 0 amide bonds. The maximum absolute atomic E-state index is 11.0. The summed E-state index contributed by atoms with van der Waals surface area (Å²) in [5.41, 5.74) is 7.24. The van der Waals surface area contributed by atoms with Gasteiger partial charge in [-0.1, -0.05) is 42.5 Å². The summed E-state index contributed by atoms with van der Waals surface area (Å²) in [6, 6.07) is 16.9. The van der Waals surface area contributed by atoms with E-state index in [1.807, 2.05) is 30.3 Å². The van der Waals surface area contributed by atoms with Crippen LogP contribution >= 0.6 is 0 Å². The molecule has 0 radical (unpaired) electrons. The van der Waals surface area contributed by atoms with E-state index in [0.717, 1.165) is 5.56 Å². The normalized spacial score (nSPS) is 11.8. The first kappa shape index (κ1) is 14.1. The lowest BCUT2D eigenvalue weighted by atomic mass is 9.99. The van der Waals surface area contributed by atoms with Gasteiger partial charge in [0, 0.05) is 6.54 Å². The Labute approximate surface area is 117 Å². The van der Waals surface area contributed by atoms with Gasteiger partial charge in [-0.15, -0.1) is 0 Å². The Morgan fingerprint density at radius 3 is 2.30 bits per heavy atom. The Hall–Kier alpha value is -2.33.